The Kier molecular flexibility index (Phi) is 10.2. The molecule has 3 aliphatic rings. The van der Waals surface area contributed by atoms with Crippen molar-refractivity contribution in [1.82, 2.24) is 4.98 Å². The van der Waals surface area contributed by atoms with Gasteiger partial charge in [0.2, 0.25) is 5.69 Å². The highest BCUT2D eigenvalue weighted by molar-refractivity contribution is 6.09. The van der Waals surface area contributed by atoms with Crippen LogP contribution in [0.2, 0.25) is 0 Å². The molecule has 7 rings (SSSR count). The number of rotatable bonds is 14. The Hall–Kier alpha value is -5.26. The van der Waals surface area contributed by atoms with Crippen LogP contribution in [0.25, 0.3) is 5.57 Å². The monoisotopic (exact) mass is 688 g/mol. The number of aromatic nitrogens is 1. The predicted octanol–water partition coefficient (Wildman–Crippen LogP) is 10.3. The van der Waals surface area contributed by atoms with Crippen LogP contribution in [0.3, 0.4) is 0 Å². The van der Waals surface area contributed by atoms with E-state index in [1.54, 1.807) is 7.11 Å². The Bertz CT molecular complexity index is 2060. The predicted molar refractivity (Wildman–Crippen MR) is 215 cm³/mol. The molecule has 2 unspecified atom stereocenters. The molecule has 4 aromatic rings. The molecule has 52 heavy (non-hydrogen) atoms. The lowest BCUT2D eigenvalue weighted by molar-refractivity contribution is -0.401. The van der Waals surface area contributed by atoms with Gasteiger partial charge in [-0.2, -0.15) is 4.58 Å². The fraction of sp³-hybridized carbons (Fsp3) is 0.277. The topological polar surface area (TPSA) is 37.6 Å². The van der Waals surface area contributed by atoms with Gasteiger partial charge in [-0.3, -0.25) is 4.98 Å². The van der Waals surface area contributed by atoms with Crippen LogP contribution in [0.4, 0.5) is 11.4 Å². The zero-order chi connectivity index (χ0) is 36.1. The zero-order valence-electron chi connectivity index (χ0n) is 31.0. The second kappa shape index (κ2) is 15.1. The molecule has 264 valence electrons. The highest BCUT2D eigenvalue weighted by atomic mass is 16.5. The maximum atomic E-state index is 6.29. The molecule has 3 heterocycles. The minimum Gasteiger partial charge on any atom is -0.497 e. The molecule has 0 fully saturated rings. The van der Waals surface area contributed by atoms with Crippen LogP contribution in [-0.2, 0) is 22.1 Å². The zero-order valence-corrected chi connectivity index (χ0v) is 31.0. The van der Waals surface area contributed by atoms with Gasteiger partial charge >= 0.3 is 0 Å². The van der Waals surface area contributed by atoms with Gasteiger partial charge in [0.1, 0.15) is 12.8 Å². The second-order valence-corrected chi connectivity index (χ2v) is 14.3. The van der Waals surface area contributed by atoms with Crippen LogP contribution in [0.1, 0.15) is 61.8 Å². The van der Waals surface area contributed by atoms with Crippen LogP contribution >= 0.6 is 0 Å². The van der Waals surface area contributed by atoms with Gasteiger partial charge in [0, 0.05) is 60.1 Å². The summed E-state index contributed by atoms with van der Waals surface area (Å²) in [6.45, 7) is 10.3. The first-order valence-electron chi connectivity index (χ1n) is 18.5. The molecule has 3 aromatic carbocycles. The van der Waals surface area contributed by atoms with Crippen LogP contribution in [-0.4, -0.2) is 42.1 Å². The van der Waals surface area contributed by atoms with Crippen LogP contribution in [0.15, 0.2) is 152 Å². The largest absolute Gasteiger partial charge is 0.497 e. The summed E-state index contributed by atoms with van der Waals surface area (Å²) >= 11 is 0. The number of ether oxygens (including phenoxy) is 2. The van der Waals surface area contributed by atoms with Crippen LogP contribution < -0.4 is 9.64 Å². The Labute approximate surface area is 309 Å². The van der Waals surface area contributed by atoms with E-state index in [0.29, 0.717) is 6.61 Å². The number of anilines is 1. The van der Waals surface area contributed by atoms with Gasteiger partial charge in [-0.25, -0.2) is 0 Å². The number of fused-ring (bicyclic) bond motifs is 2. The van der Waals surface area contributed by atoms with Crippen molar-refractivity contribution < 1.29 is 14.0 Å². The number of pyridine rings is 1. The number of methoxy groups -OCH3 is 1. The molecular formula is C47H50N3O2+. The van der Waals surface area contributed by atoms with Gasteiger partial charge in [0.05, 0.1) is 18.6 Å². The van der Waals surface area contributed by atoms with E-state index >= 15 is 0 Å². The van der Waals surface area contributed by atoms with E-state index in [-0.39, 0.29) is 16.9 Å². The number of hydrogen-bond acceptors (Lipinski definition) is 4. The standard InChI is InChI=1S/C47H50N3O2/c1-6-26-46(3)41-32-39(51-5)24-25-42(41)49(4)44(46)30-37(36-18-9-8-10-19-36)31-45-47(7-2,27-16-29-52-38-20-11-12-21-38)40-22-13-14-23-43(40)50(45)34-35-17-15-28-48-33-35/h6,8-15,17-25,28,30-33,38H,1,7,16,26-27,29,34H2,2-5H3/q+1. The van der Waals surface area contributed by atoms with Crippen LogP contribution in [0, 0.1) is 0 Å². The van der Waals surface area contributed by atoms with E-state index in [1.807, 2.05) is 24.5 Å². The van der Waals surface area contributed by atoms with Gasteiger partial charge < -0.3 is 14.4 Å². The number of allylic oxidation sites excluding steroid dienone is 7. The summed E-state index contributed by atoms with van der Waals surface area (Å²) in [5, 5.41) is 0. The molecule has 0 spiro atoms. The van der Waals surface area contributed by atoms with E-state index in [4.69, 9.17) is 9.47 Å². The van der Waals surface area contributed by atoms with Crippen molar-refractivity contribution >= 4 is 22.7 Å². The SMILES string of the molecule is C=CCC1(C)C(C=C(C=C2N(Cc3cccnc3)c3ccccc3C2(CC)CCCOC2C=CC=C2)c2ccccc2)=[N+](C)c2ccc(OC)cc21. The first kappa shape index (κ1) is 35.2. The summed E-state index contributed by atoms with van der Waals surface area (Å²) in [4.78, 5) is 7.05. The number of hydrogen-bond donors (Lipinski definition) is 0. The molecule has 5 nitrogen and oxygen atoms in total. The molecule has 1 aromatic heterocycles. The lowest BCUT2D eigenvalue weighted by Gasteiger charge is -2.34. The van der Waals surface area contributed by atoms with Gasteiger partial charge in [0.25, 0.3) is 0 Å². The van der Waals surface area contributed by atoms with E-state index in [9.17, 15) is 0 Å². The molecule has 0 bridgehead atoms. The third-order valence-electron chi connectivity index (χ3n) is 11.3. The first-order valence-corrected chi connectivity index (χ1v) is 18.5. The van der Waals surface area contributed by atoms with Crippen molar-refractivity contribution in [3.63, 3.8) is 0 Å². The van der Waals surface area contributed by atoms with E-state index in [2.05, 4.69) is 157 Å². The van der Waals surface area contributed by atoms with Crippen molar-refractivity contribution in [3.8, 4) is 5.75 Å². The van der Waals surface area contributed by atoms with E-state index in [0.717, 1.165) is 38.0 Å². The Morgan fingerprint density at radius 3 is 2.50 bits per heavy atom. The molecule has 5 heteroatoms. The van der Waals surface area contributed by atoms with E-state index < -0.39 is 0 Å². The highest BCUT2D eigenvalue weighted by Gasteiger charge is 2.48. The Morgan fingerprint density at radius 2 is 1.77 bits per heavy atom. The molecule has 0 radical (unpaired) electrons. The third-order valence-corrected chi connectivity index (χ3v) is 11.3. The quantitative estimate of drug-likeness (QED) is 0.0751. The molecule has 2 atom stereocenters. The number of nitrogens with zero attached hydrogens (tertiary/aromatic N) is 3. The second-order valence-electron chi connectivity index (χ2n) is 14.3. The average Bonchev–Trinajstić information content (AvgIpc) is 3.85. The first-order chi connectivity index (χ1) is 25.4. The van der Waals surface area contributed by atoms with Crippen molar-refractivity contribution in [2.24, 2.45) is 0 Å². The summed E-state index contributed by atoms with van der Waals surface area (Å²) < 4.78 is 14.4. The van der Waals surface area contributed by atoms with Crippen molar-refractivity contribution in [2.75, 3.05) is 25.7 Å². The van der Waals surface area contributed by atoms with Crippen molar-refractivity contribution in [1.29, 1.82) is 0 Å². The smallest absolute Gasteiger partial charge is 0.209 e. The lowest BCUT2D eigenvalue weighted by Crippen LogP contribution is -2.32. The molecule has 0 saturated carbocycles. The minimum absolute atomic E-state index is 0.0625. The average molecular weight is 689 g/mol. The normalized spacial score (nSPS) is 21.7. The molecule has 0 amide bonds. The highest BCUT2D eigenvalue weighted by Crippen LogP contribution is 2.54. The summed E-state index contributed by atoms with van der Waals surface area (Å²) in [5.74, 6) is 0.865. The molecule has 1 aliphatic carbocycles. The number of benzene rings is 3. The molecule has 0 N–H and O–H groups in total. The lowest BCUT2D eigenvalue weighted by atomic mass is 9.72. The summed E-state index contributed by atoms with van der Waals surface area (Å²) in [5.41, 5.74) is 10.6. The Morgan fingerprint density at radius 1 is 0.981 bits per heavy atom. The fourth-order valence-electron chi connectivity index (χ4n) is 8.53. The molecule has 0 saturated heterocycles. The summed E-state index contributed by atoms with van der Waals surface area (Å²) in [6.07, 6.45) is 22.9. The van der Waals surface area contributed by atoms with Crippen molar-refractivity contribution in [3.05, 3.63) is 174 Å². The fourth-order valence-corrected chi connectivity index (χ4v) is 8.53. The van der Waals surface area contributed by atoms with Gasteiger partial charge in [-0.15, -0.1) is 6.58 Å². The third kappa shape index (κ3) is 6.50. The van der Waals surface area contributed by atoms with Crippen molar-refractivity contribution in [2.45, 2.75) is 63.0 Å². The van der Waals surface area contributed by atoms with Gasteiger partial charge in [-0.05, 0) is 85.2 Å². The molecule has 2 aliphatic heterocycles. The maximum absolute atomic E-state index is 6.29. The van der Waals surface area contributed by atoms with Crippen LogP contribution in [0.5, 0.6) is 5.75 Å². The van der Waals surface area contributed by atoms with Gasteiger partial charge in [-0.1, -0.05) is 91.9 Å². The molecular weight excluding hydrogens is 639 g/mol. The van der Waals surface area contributed by atoms with E-state index in [1.165, 1.54) is 50.6 Å². The minimum atomic E-state index is -0.296. The number of para-hydroxylation sites is 1. The Balaban J connectivity index is 1.41. The van der Waals surface area contributed by atoms with Gasteiger partial charge in [0.15, 0.2) is 5.71 Å². The maximum Gasteiger partial charge on any atom is 0.209 e. The summed E-state index contributed by atoms with van der Waals surface area (Å²) in [7, 11) is 3.92. The summed E-state index contributed by atoms with van der Waals surface area (Å²) in [6, 6.07) is 30.5.